The predicted molar refractivity (Wildman–Crippen MR) is 147 cm³/mol. The number of carbonyl (C=O) groups is 4. The maximum absolute atomic E-state index is 13.7. The van der Waals surface area contributed by atoms with Crippen LogP contribution in [0.3, 0.4) is 0 Å². The van der Waals surface area contributed by atoms with E-state index in [-0.39, 0.29) is 65.2 Å². The van der Waals surface area contributed by atoms with Crippen molar-refractivity contribution in [3.63, 3.8) is 0 Å². The van der Waals surface area contributed by atoms with Crippen molar-refractivity contribution in [2.75, 3.05) is 0 Å². The van der Waals surface area contributed by atoms with E-state index in [4.69, 9.17) is 46.4 Å². The second-order valence-corrected chi connectivity index (χ2v) is 9.98. The molecule has 40 heavy (non-hydrogen) atoms. The van der Waals surface area contributed by atoms with E-state index in [9.17, 15) is 39.6 Å². The van der Waals surface area contributed by atoms with Gasteiger partial charge in [-0.25, -0.2) is 9.59 Å². The highest BCUT2D eigenvalue weighted by Gasteiger charge is 2.34. The van der Waals surface area contributed by atoms with Gasteiger partial charge >= 0.3 is 11.9 Å². The maximum atomic E-state index is 13.7. The zero-order chi connectivity index (χ0) is 29.8. The number of aromatic carboxylic acids is 2. The van der Waals surface area contributed by atoms with Crippen LogP contribution in [0.4, 0.5) is 0 Å². The van der Waals surface area contributed by atoms with E-state index in [2.05, 4.69) is 0 Å². The van der Waals surface area contributed by atoms with Crippen molar-refractivity contribution in [1.82, 2.24) is 9.13 Å². The number of aromatic hydroxyl groups is 2. The van der Waals surface area contributed by atoms with Crippen molar-refractivity contribution in [2.45, 2.75) is 6.92 Å². The van der Waals surface area contributed by atoms with Crippen LogP contribution in [-0.2, 0) is 7.05 Å². The molecule has 0 fully saturated rings. The monoisotopic (exact) mass is 624 g/mol. The molecular weight excluding hydrogens is 610 g/mol. The summed E-state index contributed by atoms with van der Waals surface area (Å²) in [6, 6.07) is 6.22. The van der Waals surface area contributed by atoms with Crippen LogP contribution in [-0.4, -0.2) is 53.1 Å². The second kappa shape index (κ2) is 10.5. The molecule has 0 atom stereocenters. The third-order valence-corrected chi connectivity index (χ3v) is 7.98. The van der Waals surface area contributed by atoms with Crippen molar-refractivity contribution in [3.05, 3.63) is 96.0 Å². The van der Waals surface area contributed by atoms with Gasteiger partial charge in [-0.05, 0) is 48.9 Å². The third kappa shape index (κ3) is 4.58. The average molecular weight is 626 g/mol. The maximum Gasteiger partial charge on any atom is 0.335 e. The highest BCUT2D eigenvalue weighted by atomic mass is 35.5. The summed E-state index contributed by atoms with van der Waals surface area (Å²) in [5.74, 6) is -5.63. The van der Waals surface area contributed by atoms with Crippen molar-refractivity contribution < 1.29 is 39.6 Å². The fraction of sp³-hybridized carbons (Fsp3) is 0.0769. The molecule has 4 aromatic rings. The quantitative estimate of drug-likeness (QED) is 0.182. The zero-order valence-electron chi connectivity index (χ0n) is 20.3. The molecule has 0 spiro atoms. The second-order valence-electron chi connectivity index (χ2n) is 8.51. The molecule has 0 aliphatic carbocycles. The molecule has 10 nitrogen and oxygen atoms in total. The van der Waals surface area contributed by atoms with Crippen LogP contribution in [0.15, 0.2) is 36.4 Å². The Kier molecular flexibility index (Phi) is 7.66. The van der Waals surface area contributed by atoms with Crippen molar-refractivity contribution in [2.24, 2.45) is 7.05 Å². The number of carboxylic acid groups (broad SMARTS) is 2. The molecule has 0 saturated carbocycles. The Hall–Kier alpha value is -3.96. The SMILES string of the molecule is Cc1c(Cl)c(Cl)n(-c2c(Cl)c(Cl)n(C)c2C(=O)c2ccc(C(=O)O)cc2O)c1C(=O)c1ccc(C(=O)O)cc1O. The minimum atomic E-state index is -1.33. The standard InChI is InChI=1S/C26H16Cl4N2O8/c1-9-16(27)24(30)32(18(9)21(35)12-5-3-10(25(37)38)7-14(12)33)19-17(28)23(29)31(2)20(19)22(36)13-6-4-11(26(39)40)8-15(13)34/h3-8,33-34H,1-2H3,(H,37,38)(H,39,40). The predicted octanol–water partition coefficient (Wildman–Crippen LogP) is 6.01. The first-order valence-electron chi connectivity index (χ1n) is 11.0. The van der Waals surface area contributed by atoms with Crippen LogP contribution < -0.4 is 0 Å². The number of phenolic OH excluding ortho intramolecular Hbond substituents is 2. The molecule has 0 aliphatic rings. The Morgan fingerprint density at radius 2 is 1.15 bits per heavy atom. The van der Waals surface area contributed by atoms with Gasteiger partial charge in [0.1, 0.15) is 32.5 Å². The molecule has 0 bridgehead atoms. The van der Waals surface area contributed by atoms with Gasteiger partial charge in [0.15, 0.2) is 0 Å². The molecule has 0 saturated heterocycles. The molecule has 2 aromatic heterocycles. The summed E-state index contributed by atoms with van der Waals surface area (Å²) in [7, 11) is 1.39. The van der Waals surface area contributed by atoms with Gasteiger partial charge in [-0.15, -0.1) is 0 Å². The Bertz CT molecular complexity index is 1660. The van der Waals surface area contributed by atoms with Crippen LogP contribution in [0.2, 0.25) is 20.4 Å². The lowest BCUT2D eigenvalue weighted by Gasteiger charge is -2.14. The van der Waals surface area contributed by atoms with Gasteiger partial charge in [-0.2, -0.15) is 0 Å². The summed E-state index contributed by atoms with van der Waals surface area (Å²) in [5.41, 5.74) is -1.66. The minimum absolute atomic E-state index is 0.0882. The normalized spacial score (nSPS) is 11.1. The summed E-state index contributed by atoms with van der Waals surface area (Å²) < 4.78 is 2.25. The number of rotatable bonds is 7. The number of aromatic nitrogens is 2. The van der Waals surface area contributed by atoms with Crippen molar-refractivity contribution in [1.29, 1.82) is 0 Å². The smallest absolute Gasteiger partial charge is 0.335 e. The molecule has 2 heterocycles. The molecular formula is C26H16Cl4N2O8. The van der Waals surface area contributed by atoms with Crippen molar-refractivity contribution in [3.8, 4) is 17.2 Å². The number of benzene rings is 2. The van der Waals surface area contributed by atoms with E-state index in [0.717, 1.165) is 41.0 Å². The van der Waals surface area contributed by atoms with Gasteiger partial charge in [-0.3, -0.25) is 14.2 Å². The third-order valence-electron chi connectivity index (χ3n) is 6.16. The minimum Gasteiger partial charge on any atom is -0.507 e. The van der Waals surface area contributed by atoms with E-state index in [1.807, 2.05) is 0 Å². The summed E-state index contributed by atoms with van der Waals surface area (Å²) in [6.07, 6.45) is 0. The molecule has 0 aliphatic heterocycles. The largest absolute Gasteiger partial charge is 0.507 e. The van der Waals surface area contributed by atoms with Crippen LogP contribution in [0.25, 0.3) is 5.69 Å². The lowest BCUT2D eigenvalue weighted by Crippen LogP contribution is -2.16. The number of halogens is 4. The first-order chi connectivity index (χ1) is 18.7. The van der Waals surface area contributed by atoms with Gasteiger partial charge in [0.2, 0.25) is 11.6 Å². The number of hydrogen-bond acceptors (Lipinski definition) is 6. The van der Waals surface area contributed by atoms with Gasteiger partial charge in [-0.1, -0.05) is 46.4 Å². The first-order valence-corrected chi connectivity index (χ1v) is 12.5. The Labute approximate surface area is 245 Å². The summed E-state index contributed by atoms with van der Waals surface area (Å²) in [6.45, 7) is 1.46. The number of nitrogens with zero attached hydrogens (tertiary/aromatic N) is 2. The highest BCUT2D eigenvalue weighted by molar-refractivity contribution is 6.45. The molecule has 0 unspecified atom stereocenters. The van der Waals surface area contributed by atoms with E-state index in [1.165, 1.54) is 18.5 Å². The topological polar surface area (TPSA) is 159 Å². The molecule has 206 valence electrons. The van der Waals surface area contributed by atoms with Gasteiger partial charge < -0.3 is 25.0 Å². The Morgan fingerprint density at radius 1 is 0.700 bits per heavy atom. The number of phenols is 2. The number of carbonyl (C=O) groups excluding carboxylic acids is 2. The number of ketones is 2. The molecule has 0 radical (unpaired) electrons. The highest BCUT2D eigenvalue weighted by Crippen LogP contribution is 2.43. The summed E-state index contributed by atoms with van der Waals surface area (Å²) >= 11 is 25.9. The molecule has 4 rings (SSSR count). The van der Waals surface area contributed by atoms with Crippen LogP contribution in [0, 0.1) is 6.92 Å². The van der Waals surface area contributed by atoms with Gasteiger partial charge in [0.05, 0.1) is 38.7 Å². The molecule has 0 amide bonds. The van der Waals surface area contributed by atoms with Crippen molar-refractivity contribution >= 4 is 69.9 Å². The first kappa shape index (κ1) is 29.0. The summed E-state index contributed by atoms with van der Waals surface area (Å²) in [5, 5.41) is 38.6. The zero-order valence-corrected chi connectivity index (χ0v) is 23.3. The molecule has 4 N–H and O–H groups in total. The van der Waals surface area contributed by atoms with E-state index < -0.39 is 35.0 Å². The Morgan fingerprint density at radius 3 is 1.57 bits per heavy atom. The van der Waals surface area contributed by atoms with E-state index in [1.54, 1.807) is 0 Å². The Balaban J connectivity index is 2.00. The lowest BCUT2D eigenvalue weighted by atomic mass is 10.0. The molecule has 14 heteroatoms. The fourth-order valence-corrected chi connectivity index (χ4v) is 5.10. The van der Waals surface area contributed by atoms with Crippen LogP contribution in [0.1, 0.15) is 58.4 Å². The number of carboxylic acids is 2. The average Bonchev–Trinajstić information content (AvgIpc) is 3.26. The lowest BCUT2D eigenvalue weighted by molar-refractivity contribution is 0.0685. The van der Waals surface area contributed by atoms with Crippen LogP contribution in [0.5, 0.6) is 11.5 Å². The fourth-order valence-electron chi connectivity index (χ4n) is 4.14. The van der Waals surface area contributed by atoms with Crippen LogP contribution >= 0.6 is 46.4 Å². The van der Waals surface area contributed by atoms with E-state index in [0.29, 0.717) is 0 Å². The van der Waals surface area contributed by atoms with Gasteiger partial charge in [0, 0.05) is 7.05 Å². The summed E-state index contributed by atoms with van der Waals surface area (Å²) in [4.78, 5) is 50.0. The number of hydrogen-bond donors (Lipinski definition) is 4. The van der Waals surface area contributed by atoms with E-state index >= 15 is 0 Å². The molecule has 2 aromatic carbocycles. The van der Waals surface area contributed by atoms with Gasteiger partial charge in [0.25, 0.3) is 0 Å².